The highest BCUT2D eigenvalue weighted by Crippen LogP contribution is 2.32. The van der Waals surface area contributed by atoms with Crippen LogP contribution in [0.15, 0.2) is 12.4 Å². The molecule has 2 saturated heterocycles. The van der Waals surface area contributed by atoms with E-state index in [0.717, 1.165) is 38.1 Å². The van der Waals surface area contributed by atoms with Gasteiger partial charge in [0.1, 0.15) is 0 Å². The molecule has 20 heavy (non-hydrogen) atoms. The lowest BCUT2D eigenvalue weighted by Crippen LogP contribution is -2.45. The third-order valence-electron chi connectivity index (χ3n) is 4.10. The average Bonchev–Trinajstić information content (AvgIpc) is 3.08. The molecule has 2 atom stereocenters. The van der Waals surface area contributed by atoms with E-state index in [1.54, 1.807) is 4.68 Å². The molecule has 0 aromatic carbocycles. The summed E-state index contributed by atoms with van der Waals surface area (Å²) >= 11 is 0. The molecular formula is C14H22N4O2. The summed E-state index contributed by atoms with van der Waals surface area (Å²) in [5.41, 5.74) is 1.14. The quantitative estimate of drug-likeness (QED) is 0.873. The fraction of sp³-hybridized carbons (Fsp3) is 0.714. The fourth-order valence-electron chi connectivity index (χ4n) is 3.10. The maximum Gasteiger partial charge on any atom is 0.224 e. The van der Waals surface area contributed by atoms with Crippen LogP contribution in [0.25, 0.3) is 0 Å². The van der Waals surface area contributed by atoms with E-state index in [2.05, 4.69) is 10.4 Å². The number of carbonyl (C=O) groups is 1. The Hall–Kier alpha value is -1.40. The number of carbonyl (C=O) groups excluding carboxylic acids is 1. The highest BCUT2D eigenvalue weighted by Gasteiger charge is 2.32. The second-order valence-corrected chi connectivity index (χ2v) is 5.62. The van der Waals surface area contributed by atoms with Crippen molar-refractivity contribution in [1.82, 2.24) is 20.0 Å². The summed E-state index contributed by atoms with van der Waals surface area (Å²) in [5.74, 6) is 0.222. The van der Waals surface area contributed by atoms with E-state index in [-0.39, 0.29) is 18.0 Å². The van der Waals surface area contributed by atoms with E-state index in [1.807, 2.05) is 24.3 Å². The molecule has 1 amide bonds. The summed E-state index contributed by atoms with van der Waals surface area (Å²) in [7, 11) is 1.91. The lowest BCUT2D eigenvalue weighted by molar-refractivity contribution is -0.133. The van der Waals surface area contributed by atoms with E-state index in [9.17, 15) is 4.79 Å². The molecule has 3 heterocycles. The normalized spacial score (nSPS) is 26.9. The molecule has 0 aliphatic carbocycles. The van der Waals surface area contributed by atoms with Crippen molar-refractivity contribution in [2.75, 3.05) is 26.3 Å². The Morgan fingerprint density at radius 3 is 3.20 bits per heavy atom. The summed E-state index contributed by atoms with van der Waals surface area (Å²) in [6, 6.07) is 0.354. The Kier molecular flexibility index (Phi) is 4.03. The van der Waals surface area contributed by atoms with Crippen molar-refractivity contribution >= 4 is 5.91 Å². The van der Waals surface area contributed by atoms with Gasteiger partial charge in [0.2, 0.25) is 5.91 Å². The summed E-state index contributed by atoms with van der Waals surface area (Å²) in [4.78, 5) is 14.5. The molecule has 0 saturated carbocycles. The monoisotopic (exact) mass is 278 g/mol. The zero-order valence-electron chi connectivity index (χ0n) is 11.9. The molecule has 0 radical (unpaired) electrons. The Labute approximate surface area is 119 Å². The van der Waals surface area contributed by atoms with Gasteiger partial charge in [0, 0.05) is 44.4 Å². The predicted molar refractivity (Wildman–Crippen MR) is 74.1 cm³/mol. The van der Waals surface area contributed by atoms with Crippen LogP contribution >= 0.6 is 0 Å². The molecule has 2 fully saturated rings. The molecule has 1 aromatic rings. The number of nitrogens with zero attached hydrogens (tertiary/aromatic N) is 3. The van der Waals surface area contributed by atoms with Gasteiger partial charge in [-0.2, -0.15) is 5.10 Å². The predicted octanol–water partition coefficient (Wildman–Crippen LogP) is 0.462. The Morgan fingerprint density at radius 1 is 1.60 bits per heavy atom. The van der Waals surface area contributed by atoms with Gasteiger partial charge in [0.15, 0.2) is 0 Å². The molecule has 0 bridgehead atoms. The second-order valence-electron chi connectivity index (χ2n) is 5.62. The first-order valence-electron chi connectivity index (χ1n) is 7.33. The molecule has 1 N–H and O–H groups in total. The molecule has 2 aliphatic rings. The molecule has 6 heteroatoms. The number of aromatic nitrogens is 2. The van der Waals surface area contributed by atoms with Crippen molar-refractivity contribution in [3.05, 3.63) is 18.0 Å². The van der Waals surface area contributed by atoms with Gasteiger partial charge in [0.25, 0.3) is 0 Å². The molecule has 2 aliphatic heterocycles. The summed E-state index contributed by atoms with van der Waals surface area (Å²) in [6.07, 6.45) is 6.51. The molecule has 110 valence electrons. The summed E-state index contributed by atoms with van der Waals surface area (Å²) < 4.78 is 7.21. The number of nitrogens with one attached hydrogen (secondary N) is 1. The molecular weight excluding hydrogens is 256 g/mol. The van der Waals surface area contributed by atoms with Crippen molar-refractivity contribution in [2.45, 2.75) is 31.3 Å². The van der Waals surface area contributed by atoms with Gasteiger partial charge in [-0.15, -0.1) is 0 Å². The number of hydrogen-bond acceptors (Lipinski definition) is 4. The smallest absolute Gasteiger partial charge is 0.224 e. The molecule has 2 unspecified atom stereocenters. The van der Waals surface area contributed by atoms with Gasteiger partial charge in [-0.05, 0) is 12.8 Å². The van der Waals surface area contributed by atoms with E-state index in [0.29, 0.717) is 13.0 Å². The van der Waals surface area contributed by atoms with Gasteiger partial charge in [-0.3, -0.25) is 9.48 Å². The largest absolute Gasteiger partial charge is 0.378 e. The van der Waals surface area contributed by atoms with Gasteiger partial charge in [-0.1, -0.05) is 0 Å². The third-order valence-corrected chi connectivity index (χ3v) is 4.10. The van der Waals surface area contributed by atoms with E-state index in [1.165, 1.54) is 0 Å². The Morgan fingerprint density at radius 2 is 2.50 bits per heavy atom. The summed E-state index contributed by atoms with van der Waals surface area (Å²) in [6.45, 7) is 3.07. The number of amides is 1. The number of ether oxygens (including phenoxy) is 1. The van der Waals surface area contributed by atoms with Crippen molar-refractivity contribution in [3.8, 4) is 0 Å². The first-order valence-corrected chi connectivity index (χ1v) is 7.33. The first-order chi connectivity index (χ1) is 9.74. The van der Waals surface area contributed by atoms with Crippen LogP contribution in [0.4, 0.5) is 0 Å². The highest BCUT2D eigenvalue weighted by atomic mass is 16.5. The number of rotatable bonds is 3. The minimum atomic E-state index is 0.159. The minimum Gasteiger partial charge on any atom is -0.378 e. The van der Waals surface area contributed by atoms with Crippen LogP contribution in [0.5, 0.6) is 0 Å². The topological polar surface area (TPSA) is 59.4 Å². The van der Waals surface area contributed by atoms with Crippen LogP contribution in [0, 0.1) is 0 Å². The average molecular weight is 278 g/mol. The van der Waals surface area contributed by atoms with Crippen molar-refractivity contribution in [1.29, 1.82) is 0 Å². The molecule has 6 nitrogen and oxygen atoms in total. The lowest BCUT2D eigenvalue weighted by atomic mass is 10.1. The van der Waals surface area contributed by atoms with Gasteiger partial charge in [0.05, 0.1) is 25.5 Å². The van der Waals surface area contributed by atoms with Crippen molar-refractivity contribution < 1.29 is 9.53 Å². The van der Waals surface area contributed by atoms with Crippen LogP contribution in [-0.4, -0.2) is 52.9 Å². The van der Waals surface area contributed by atoms with Crippen LogP contribution in [-0.2, 0) is 16.6 Å². The second kappa shape index (κ2) is 5.93. The fourth-order valence-corrected chi connectivity index (χ4v) is 3.10. The summed E-state index contributed by atoms with van der Waals surface area (Å²) in [5, 5.41) is 7.56. The number of morpholine rings is 1. The van der Waals surface area contributed by atoms with Gasteiger partial charge < -0.3 is 15.0 Å². The van der Waals surface area contributed by atoms with Crippen molar-refractivity contribution in [3.63, 3.8) is 0 Å². The third kappa shape index (κ3) is 2.86. The van der Waals surface area contributed by atoms with Crippen molar-refractivity contribution in [2.24, 2.45) is 7.05 Å². The Bertz CT molecular complexity index is 467. The molecule has 3 rings (SSSR count). The number of likely N-dealkylation sites (tertiary alicyclic amines) is 1. The van der Waals surface area contributed by atoms with Crippen LogP contribution in [0.2, 0.25) is 0 Å². The molecule has 1 aromatic heterocycles. The van der Waals surface area contributed by atoms with E-state index < -0.39 is 0 Å². The maximum atomic E-state index is 12.5. The maximum absolute atomic E-state index is 12.5. The minimum absolute atomic E-state index is 0.159. The van der Waals surface area contributed by atoms with Crippen LogP contribution in [0.3, 0.4) is 0 Å². The SMILES string of the molecule is Cn1cc(C2CCCN2C(=O)CC2COCCN2)cn1. The first kappa shape index (κ1) is 13.6. The van der Waals surface area contributed by atoms with Gasteiger partial charge >= 0.3 is 0 Å². The van der Waals surface area contributed by atoms with E-state index >= 15 is 0 Å². The highest BCUT2D eigenvalue weighted by molar-refractivity contribution is 5.77. The van der Waals surface area contributed by atoms with Crippen LogP contribution < -0.4 is 5.32 Å². The lowest BCUT2D eigenvalue weighted by Gasteiger charge is -2.28. The van der Waals surface area contributed by atoms with Gasteiger partial charge in [-0.25, -0.2) is 0 Å². The van der Waals surface area contributed by atoms with E-state index in [4.69, 9.17) is 4.74 Å². The Balaban J connectivity index is 1.63. The van der Waals surface area contributed by atoms with Crippen LogP contribution in [0.1, 0.15) is 30.9 Å². The standard InChI is InChI=1S/C14H22N4O2/c1-17-9-11(8-16-17)13-3-2-5-18(13)14(19)7-12-10-20-6-4-15-12/h8-9,12-13,15H,2-7,10H2,1H3. The molecule has 0 spiro atoms. The number of hydrogen-bond donors (Lipinski definition) is 1. The zero-order valence-corrected chi connectivity index (χ0v) is 11.9. The zero-order chi connectivity index (χ0) is 13.9. The number of aryl methyl sites for hydroxylation is 1.